The van der Waals surface area contributed by atoms with Crippen molar-refractivity contribution >= 4 is 48.3 Å². The van der Waals surface area contributed by atoms with Crippen molar-refractivity contribution in [3.8, 4) is 5.75 Å². The first-order valence-electron chi connectivity index (χ1n) is 12.7. The second kappa shape index (κ2) is 11.6. The molecule has 2 N–H and O–H groups in total. The molecule has 0 saturated carbocycles. The van der Waals surface area contributed by atoms with Crippen molar-refractivity contribution < 1.29 is 17.9 Å². The van der Waals surface area contributed by atoms with Gasteiger partial charge in [-0.25, -0.2) is 13.4 Å². The van der Waals surface area contributed by atoms with Crippen LogP contribution in [-0.4, -0.2) is 70.6 Å². The summed E-state index contributed by atoms with van der Waals surface area (Å²) < 4.78 is 34.5. The number of para-hydroxylation sites is 1. The van der Waals surface area contributed by atoms with Crippen LogP contribution in [0.1, 0.15) is 15.9 Å². The van der Waals surface area contributed by atoms with Gasteiger partial charge in [-0.1, -0.05) is 41.2 Å². The van der Waals surface area contributed by atoms with E-state index in [1.807, 2.05) is 19.1 Å². The maximum absolute atomic E-state index is 12.8. The lowest BCUT2D eigenvalue weighted by atomic mass is 10.2. The van der Waals surface area contributed by atoms with E-state index in [0.29, 0.717) is 17.8 Å². The highest BCUT2D eigenvalue weighted by atomic mass is 32.2. The number of carbonyl (C=O) groups is 1. The Bertz CT molecular complexity index is 1560. The Morgan fingerprint density at radius 2 is 1.77 bits per heavy atom. The third kappa shape index (κ3) is 6.32. The van der Waals surface area contributed by atoms with E-state index < -0.39 is 10.0 Å². The Hall–Kier alpha value is -3.67. The molecule has 1 aliphatic heterocycles. The third-order valence-corrected chi connectivity index (χ3v) is 9.13. The van der Waals surface area contributed by atoms with Crippen LogP contribution in [0.2, 0.25) is 0 Å². The zero-order chi connectivity index (χ0) is 27.4. The highest BCUT2D eigenvalue weighted by Crippen LogP contribution is 2.34. The fourth-order valence-corrected chi connectivity index (χ4v) is 6.54. The highest BCUT2D eigenvalue weighted by Gasteiger charge is 2.21. The van der Waals surface area contributed by atoms with Gasteiger partial charge in [0.2, 0.25) is 0 Å². The fraction of sp³-hybridized carbons (Fsp3) is 0.286. The number of hydrogen-bond donors (Lipinski definition) is 2. The molecule has 204 valence electrons. The van der Waals surface area contributed by atoms with Gasteiger partial charge in [0, 0.05) is 50.5 Å². The standard InChI is InChI=1S/C28H31N5O4S2/c1-20-9-11-23(12-10-20)39(35,36)31-22-6-3-5-21(19-22)27(34)29-13-14-32-15-17-33(18-16-32)28-30-26-24(37-2)7-4-8-25(26)38-28/h3-12,19,31H,13-18H2,1-2H3,(H,29,34). The molecule has 0 atom stereocenters. The van der Waals surface area contributed by atoms with Crippen LogP contribution in [0, 0.1) is 6.92 Å². The van der Waals surface area contributed by atoms with Crippen LogP contribution in [0.25, 0.3) is 10.2 Å². The maximum atomic E-state index is 12.8. The predicted molar refractivity (Wildman–Crippen MR) is 156 cm³/mol. The van der Waals surface area contributed by atoms with Crippen LogP contribution < -0.4 is 19.7 Å². The number of amides is 1. The number of ether oxygens (including phenoxy) is 1. The van der Waals surface area contributed by atoms with Crippen molar-refractivity contribution in [3.63, 3.8) is 0 Å². The number of fused-ring (bicyclic) bond motifs is 1. The van der Waals surface area contributed by atoms with E-state index >= 15 is 0 Å². The summed E-state index contributed by atoms with van der Waals surface area (Å²) in [4.78, 5) is 22.3. The van der Waals surface area contributed by atoms with Crippen LogP contribution >= 0.6 is 11.3 Å². The molecule has 0 bridgehead atoms. The SMILES string of the molecule is COc1cccc2sc(N3CCN(CCNC(=O)c4cccc(NS(=O)(=O)c5ccc(C)cc5)c4)CC3)nc12. The van der Waals surface area contributed by atoms with Crippen LogP contribution in [0.4, 0.5) is 10.8 Å². The Morgan fingerprint density at radius 1 is 1.03 bits per heavy atom. The van der Waals surface area contributed by atoms with Crippen molar-refractivity contribution in [3.05, 3.63) is 77.9 Å². The molecule has 1 aromatic heterocycles. The molecule has 1 amide bonds. The minimum Gasteiger partial charge on any atom is -0.494 e. The van der Waals surface area contributed by atoms with Crippen molar-refractivity contribution in [2.75, 3.05) is 56.0 Å². The number of methoxy groups -OCH3 is 1. The number of nitrogens with one attached hydrogen (secondary N) is 2. The second-order valence-electron chi connectivity index (χ2n) is 9.39. The van der Waals surface area contributed by atoms with E-state index in [9.17, 15) is 13.2 Å². The maximum Gasteiger partial charge on any atom is 0.261 e. The highest BCUT2D eigenvalue weighted by molar-refractivity contribution is 7.92. The summed E-state index contributed by atoms with van der Waals surface area (Å²) in [6.45, 7) is 6.59. The average molecular weight is 566 g/mol. The summed E-state index contributed by atoms with van der Waals surface area (Å²) in [5.41, 5.74) is 2.61. The first-order chi connectivity index (χ1) is 18.8. The lowest BCUT2D eigenvalue weighted by molar-refractivity contribution is 0.0948. The molecule has 0 aliphatic carbocycles. The molecule has 0 unspecified atom stereocenters. The van der Waals surface area contributed by atoms with Gasteiger partial charge in [-0.05, 0) is 49.4 Å². The first-order valence-corrected chi connectivity index (χ1v) is 15.0. The summed E-state index contributed by atoms with van der Waals surface area (Å²) in [5, 5.41) is 3.95. The minimum absolute atomic E-state index is 0.172. The molecule has 1 saturated heterocycles. The minimum atomic E-state index is -3.74. The molecule has 4 aromatic rings. The number of sulfonamides is 1. The molecule has 9 nitrogen and oxygen atoms in total. The molecule has 0 spiro atoms. The lowest BCUT2D eigenvalue weighted by Crippen LogP contribution is -2.48. The van der Waals surface area contributed by atoms with E-state index in [4.69, 9.17) is 9.72 Å². The van der Waals surface area contributed by atoms with Crippen LogP contribution in [0.15, 0.2) is 71.6 Å². The number of aromatic nitrogens is 1. The number of rotatable bonds is 9. The first kappa shape index (κ1) is 26.9. The monoisotopic (exact) mass is 565 g/mol. The summed E-state index contributed by atoms with van der Waals surface area (Å²) in [6.07, 6.45) is 0. The summed E-state index contributed by atoms with van der Waals surface area (Å²) in [6, 6.07) is 19.1. The molecule has 1 fully saturated rings. The normalized spacial score (nSPS) is 14.4. The fourth-order valence-electron chi connectivity index (χ4n) is 4.46. The van der Waals surface area contributed by atoms with Gasteiger partial charge < -0.3 is 15.0 Å². The lowest BCUT2D eigenvalue weighted by Gasteiger charge is -2.34. The Balaban J connectivity index is 1.11. The molecule has 0 radical (unpaired) electrons. The molecule has 1 aliphatic rings. The van der Waals surface area contributed by atoms with Gasteiger partial charge in [-0.15, -0.1) is 0 Å². The van der Waals surface area contributed by atoms with Gasteiger partial charge in [0.05, 0.1) is 16.7 Å². The predicted octanol–water partition coefficient (Wildman–Crippen LogP) is 3.97. The Kier molecular flexibility index (Phi) is 8.01. The molecule has 39 heavy (non-hydrogen) atoms. The molecular formula is C28H31N5O4S2. The molecule has 11 heteroatoms. The zero-order valence-electron chi connectivity index (χ0n) is 21.9. The van der Waals surface area contributed by atoms with Crippen molar-refractivity contribution in [2.24, 2.45) is 0 Å². The number of hydrogen-bond acceptors (Lipinski definition) is 8. The van der Waals surface area contributed by atoms with Gasteiger partial charge in [0.25, 0.3) is 15.9 Å². The third-order valence-electron chi connectivity index (χ3n) is 6.66. The second-order valence-corrected chi connectivity index (χ2v) is 12.1. The van der Waals surface area contributed by atoms with E-state index in [2.05, 4.69) is 25.9 Å². The van der Waals surface area contributed by atoms with E-state index in [1.54, 1.807) is 67.0 Å². The number of nitrogens with zero attached hydrogens (tertiary/aromatic N) is 3. The number of aryl methyl sites for hydroxylation is 1. The summed E-state index contributed by atoms with van der Waals surface area (Å²) in [5.74, 6) is 0.548. The quantitative estimate of drug-likeness (QED) is 0.317. The number of thiazole rings is 1. The number of carbonyl (C=O) groups excluding carboxylic acids is 1. The van der Waals surface area contributed by atoms with Crippen molar-refractivity contribution in [1.29, 1.82) is 0 Å². The molecular weight excluding hydrogens is 534 g/mol. The van der Waals surface area contributed by atoms with Gasteiger partial charge >= 0.3 is 0 Å². The molecule has 2 heterocycles. The number of anilines is 2. The van der Waals surface area contributed by atoms with Crippen LogP contribution in [-0.2, 0) is 10.0 Å². The Labute approximate surface area is 232 Å². The largest absolute Gasteiger partial charge is 0.494 e. The molecule has 3 aromatic carbocycles. The van der Waals surface area contributed by atoms with E-state index in [1.165, 1.54) is 0 Å². The molecule has 5 rings (SSSR count). The van der Waals surface area contributed by atoms with Gasteiger partial charge in [0.15, 0.2) is 5.13 Å². The number of benzene rings is 3. The van der Waals surface area contributed by atoms with E-state index in [0.717, 1.165) is 59.4 Å². The topological polar surface area (TPSA) is 104 Å². The van der Waals surface area contributed by atoms with E-state index in [-0.39, 0.29) is 10.8 Å². The van der Waals surface area contributed by atoms with Crippen molar-refractivity contribution in [1.82, 2.24) is 15.2 Å². The zero-order valence-corrected chi connectivity index (χ0v) is 23.5. The van der Waals surface area contributed by atoms with Gasteiger partial charge in [0.1, 0.15) is 11.3 Å². The van der Waals surface area contributed by atoms with Crippen LogP contribution in [0.5, 0.6) is 5.75 Å². The van der Waals surface area contributed by atoms with Crippen LogP contribution in [0.3, 0.4) is 0 Å². The number of piperazine rings is 1. The summed E-state index contributed by atoms with van der Waals surface area (Å²) in [7, 11) is -2.08. The average Bonchev–Trinajstić information content (AvgIpc) is 3.38. The van der Waals surface area contributed by atoms with Crippen molar-refractivity contribution in [2.45, 2.75) is 11.8 Å². The Morgan fingerprint density at radius 3 is 2.51 bits per heavy atom. The van der Waals surface area contributed by atoms with Gasteiger partial charge in [-0.3, -0.25) is 14.4 Å². The summed E-state index contributed by atoms with van der Waals surface area (Å²) >= 11 is 1.67. The smallest absolute Gasteiger partial charge is 0.261 e. The van der Waals surface area contributed by atoms with Gasteiger partial charge in [-0.2, -0.15) is 0 Å².